The summed E-state index contributed by atoms with van der Waals surface area (Å²) in [7, 11) is 0. The Kier molecular flexibility index (Phi) is 3.32. The molecule has 10 heteroatoms. The molecule has 0 fully saturated rings. The Bertz CT molecular complexity index is 826. The maximum atomic E-state index is 12.6. The number of hydrogen-bond acceptors (Lipinski definition) is 6. The van der Waals surface area contributed by atoms with Gasteiger partial charge in [-0.2, -0.15) is 18.2 Å². The van der Waals surface area contributed by atoms with Gasteiger partial charge in [-0.05, 0) is 6.92 Å². The minimum absolute atomic E-state index is 0.0345. The number of imidazole rings is 1. The Labute approximate surface area is 125 Å². The first-order valence-electron chi connectivity index (χ1n) is 5.96. The minimum atomic E-state index is -4.54. The van der Waals surface area contributed by atoms with Gasteiger partial charge in [0, 0.05) is 17.6 Å². The third-order valence-corrected chi connectivity index (χ3v) is 3.49. The summed E-state index contributed by atoms with van der Waals surface area (Å²) in [6.45, 7) is 1.76. The number of alkyl halides is 3. The molecule has 0 unspecified atom stereocenters. The maximum Gasteiger partial charge on any atom is 0.434 e. The lowest BCUT2D eigenvalue weighted by molar-refractivity contribution is -0.140. The van der Waals surface area contributed by atoms with Crippen molar-refractivity contribution in [2.75, 3.05) is 0 Å². The molecule has 0 amide bonds. The Morgan fingerprint density at radius 2 is 1.95 bits per heavy atom. The molecule has 3 heterocycles. The molecule has 2 N–H and O–H groups in total. The SMILES string of the molecule is Cc1c[nH]c(-c2cc(O)nc(-c3nc(C(F)(F)F)cs3)n2)n1. The van der Waals surface area contributed by atoms with E-state index in [1.807, 2.05) is 0 Å². The van der Waals surface area contributed by atoms with Crippen molar-refractivity contribution >= 4 is 11.3 Å². The van der Waals surface area contributed by atoms with Gasteiger partial charge in [0.25, 0.3) is 0 Å². The Balaban J connectivity index is 2.04. The predicted octanol–water partition coefficient (Wildman–Crippen LogP) is 3.02. The largest absolute Gasteiger partial charge is 0.493 e. The highest BCUT2D eigenvalue weighted by Crippen LogP contribution is 2.33. The van der Waals surface area contributed by atoms with Gasteiger partial charge < -0.3 is 10.1 Å². The highest BCUT2D eigenvalue weighted by atomic mass is 32.1. The van der Waals surface area contributed by atoms with Crippen molar-refractivity contribution in [3.05, 3.63) is 29.0 Å². The standard InChI is InChI=1S/C12H8F3N5OS/c1-5-3-16-9(17-5)6-2-8(21)20-10(18-6)11-19-7(4-22-11)12(13,14)15/h2-4H,1H3,(H,16,17)(H,18,20,21). The molecule has 0 saturated carbocycles. The van der Waals surface area contributed by atoms with Crippen LogP contribution in [0.1, 0.15) is 11.4 Å². The maximum absolute atomic E-state index is 12.6. The summed E-state index contributed by atoms with van der Waals surface area (Å²) in [6.07, 6.45) is -2.90. The van der Waals surface area contributed by atoms with Crippen molar-refractivity contribution in [3.63, 3.8) is 0 Å². The highest BCUT2D eigenvalue weighted by molar-refractivity contribution is 7.13. The van der Waals surface area contributed by atoms with E-state index in [1.165, 1.54) is 6.07 Å². The van der Waals surface area contributed by atoms with E-state index in [4.69, 9.17) is 0 Å². The summed E-state index contributed by atoms with van der Waals surface area (Å²) in [6, 6.07) is 1.26. The van der Waals surface area contributed by atoms with Crippen molar-refractivity contribution in [1.82, 2.24) is 24.9 Å². The Morgan fingerprint density at radius 3 is 2.55 bits per heavy atom. The molecule has 0 aliphatic heterocycles. The zero-order valence-corrected chi connectivity index (χ0v) is 11.8. The second-order valence-corrected chi connectivity index (χ2v) is 5.22. The van der Waals surface area contributed by atoms with Crippen LogP contribution >= 0.6 is 11.3 Å². The molecule has 0 radical (unpaired) electrons. The van der Waals surface area contributed by atoms with Crippen molar-refractivity contribution in [2.45, 2.75) is 13.1 Å². The fourth-order valence-electron chi connectivity index (χ4n) is 1.70. The molecule has 0 aliphatic rings. The minimum Gasteiger partial charge on any atom is -0.493 e. The summed E-state index contributed by atoms with van der Waals surface area (Å²) >= 11 is 0.749. The molecule has 0 saturated heterocycles. The van der Waals surface area contributed by atoms with Gasteiger partial charge in [-0.25, -0.2) is 15.0 Å². The van der Waals surface area contributed by atoms with Crippen LogP contribution in [0.15, 0.2) is 17.6 Å². The number of halogens is 3. The second kappa shape index (κ2) is 5.05. The predicted molar refractivity (Wildman–Crippen MR) is 72.1 cm³/mol. The molecule has 3 aromatic heterocycles. The van der Waals surface area contributed by atoms with Crippen LogP contribution in [0.3, 0.4) is 0 Å². The van der Waals surface area contributed by atoms with E-state index in [9.17, 15) is 18.3 Å². The second-order valence-electron chi connectivity index (χ2n) is 4.36. The van der Waals surface area contributed by atoms with Crippen LogP contribution < -0.4 is 0 Å². The van der Waals surface area contributed by atoms with Gasteiger partial charge in [-0.15, -0.1) is 11.3 Å². The van der Waals surface area contributed by atoms with Gasteiger partial charge >= 0.3 is 6.18 Å². The molecule has 0 aliphatic carbocycles. The number of aromatic nitrogens is 5. The first-order chi connectivity index (χ1) is 10.3. The molecular formula is C12H8F3N5OS. The van der Waals surface area contributed by atoms with Crippen LogP contribution in [-0.2, 0) is 6.18 Å². The third kappa shape index (κ3) is 2.77. The van der Waals surface area contributed by atoms with Gasteiger partial charge in [0.1, 0.15) is 5.69 Å². The molecule has 3 rings (SSSR count). The molecular weight excluding hydrogens is 319 g/mol. The van der Waals surface area contributed by atoms with Crippen molar-refractivity contribution in [1.29, 1.82) is 0 Å². The number of thiazole rings is 1. The van der Waals surface area contributed by atoms with Crippen molar-refractivity contribution in [3.8, 4) is 28.2 Å². The molecule has 0 aromatic carbocycles. The van der Waals surface area contributed by atoms with Crippen LogP contribution in [0.4, 0.5) is 13.2 Å². The van der Waals surface area contributed by atoms with E-state index in [1.54, 1.807) is 13.1 Å². The van der Waals surface area contributed by atoms with E-state index >= 15 is 0 Å². The Hall–Kier alpha value is -2.49. The summed E-state index contributed by atoms with van der Waals surface area (Å²) < 4.78 is 37.7. The van der Waals surface area contributed by atoms with Gasteiger partial charge in [-0.3, -0.25) is 0 Å². The number of aryl methyl sites for hydroxylation is 1. The summed E-state index contributed by atoms with van der Waals surface area (Å²) in [5, 5.41) is 10.5. The summed E-state index contributed by atoms with van der Waals surface area (Å²) in [5.41, 5.74) is -0.0440. The van der Waals surface area contributed by atoms with Gasteiger partial charge in [0.05, 0.1) is 5.69 Å². The van der Waals surface area contributed by atoms with Crippen LogP contribution in [-0.4, -0.2) is 30.0 Å². The molecule has 22 heavy (non-hydrogen) atoms. The summed E-state index contributed by atoms with van der Waals surface area (Å²) in [5.74, 6) is -0.0913. The lowest BCUT2D eigenvalue weighted by Crippen LogP contribution is -2.05. The zero-order chi connectivity index (χ0) is 15.9. The number of rotatable bonds is 2. The zero-order valence-electron chi connectivity index (χ0n) is 11.0. The van der Waals surface area contributed by atoms with E-state index < -0.39 is 11.9 Å². The summed E-state index contributed by atoms with van der Waals surface area (Å²) in [4.78, 5) is 18.3. The molecule has 3 aromatic rings. The number of hydrogen-bond donors (Lipinski definition) is 2. The van der Waals surface area contributed by atoms with E-state index in [-0.39, 0.29) is 22.4 Å². The third-order valence-electron chi connectivity index (χ3n) is 2.65. The van der Waals surface area contributed by atoms with Gasteiger partial charge in [-0.1, -0.05) is 0 Å². The number of aromatic hydroxyl groups is 1. The lowest BCUT2D eigenvalue weighted by Gasteiger charge is -2.02. The van der Waals surface area contributed by atoms with Crippen LogP contribution in [0.5, 0.6) is 5.88 Å². The highest BCUT2D eigenvalue weighted by Gasteiger charge is 2.34. The number of nitrogens with one attached hydrogen (secondary N) is 1. The fourth-order valence-corrected chi connectivity index (χ4v) is 2.46. The van der Waals surface area contributed by atoms with Crippen LogP contribution in [0.2, 0.25) is 0 Å². The van der Waals surface area contributed by atoms with Crippen molar-refractivity contribution < 1.29 is 18.3 Å². The molecule has 0 spiro atoms. The van der Waals surface area contributed by atoms with Crippen LogP contribution in [0.25, 0.3) is 22.4 Å². The van der Waals surface area contributed by atoms with Crippen LogP contribution in [0, 0.1) is 6.92 Å². The van der Waals surface area contributed by atoms with E-state index in [0.29, 0.717) is 11.5 Å². The average Bonchev–Trinajstić information content (AvgIpc) is 3.05. The number of H-pyrrole nitrogens is 1. The van der Waals surface area contributed by atoms with Gasteiger partial charge in [0.2, 0.25) is 5.88 Å². The quantitative estimate of drug-likeness (QED) is 0.755. The number of aromatic amines is 1. The first-order valence-corrected chi connectivity index (χ1v) is 6.84. The molecule has 0 atom stereocenters. The monoisotopic (exact) mass is 327 g/mol. The molecule has 0 bridgehead atoms. The lowest BCUT2D eigenvalue weighted by atomic mass is 10.3. The van der Waals surface area contributed by atoms with E-state index in [0.717, 1.165) is 16.7 Å². The van der Waals surface area contributed by atoms with E-state index in [2.05, 4.69) is 24.9 Å². The smallest absolute Gasteiger partial charge is 0.434 e. The average molecular weight is 327 g/mol. The fraction of sp³-hybridized carbons (Fsp3) is 0.167. The normalized spacial score (nSPS) is 11.8. The molecule has 6 nitrogen and oxygen atoms in total. The van der Waals surface area contributed by atoms with Gasteiger partial charge in [0.15, 0.2) is 22.4 Å². The Morgan fingerprint density at radius 1 is 1.18 bits per heavy atom. The first kappa shape index (κ1) is 14.4. The topological polar surface area (TPSA) is 87.6 Å². The van der Waals surface area contributed by atoms with Crippen molar-refractivity contribution in [2.24, 2.45) is 0 Å². The number of nitrogens with zero attached hydrogens (tertiary/aromatic N) is 4. The molecule has 114 valence electrons.